The molecular formula is C28H41N3O5S. The van der Waals surface area contributed by atoms with E-state index in [0.29, 0.717) is 24.5 Å². The molecular weight excluding hydrogens is 490 g/mol. The highest BCUT2D eigenvalue weighted by Crippen LogP contribution is 2.23. The van der Waals surface area contributed by atoms with Gasteiger partial charge in [-0.15, -0.1) is 0 Å². The number of carbonyl (C=O) groups is 2. The van der Waals surface area contributed by atoms with Crippen LogP contribution in [0.3, 0.4) is 0 Å². The highest BCUT2D eigenvalue weighted by Gasteiger charge is 2.28. The van der Waals surface area contributed by atoms with Crippen LogP contribution in [0, 0.1) is 6.92 Å². The molecule has 0 bridgehead atoms. The van der Waals surface area contributed by atoms with Crippen LogP contribution >= 0.6 is 0 Å². The van der Waals surface area contributed by atoms with Crippen molar-refractivity contribution in [2.24, 2.45) is 0 Å². The minimum absolute atomic E-state index is 0.0992. The van der Waals surface area contributed by atoms with E-state index in [1.54, 1.807) is 36.1 Å². The third kappa shape index (κ3) is 9.72. The lowest BCUT2D eigenvalue weighted by Gasteiger charge is -2.32. The lowest BCUT2D eigenvalue weighted by Crippen LogP contribution is -2.52. The molecule has 2 rings (SSSR count). The first-order valence-electron chi connectivity index (χ1n) is 12.6. The van der Waals surface area contributed by atoms with E-state index in [1.165, 1.54) is 4.31 Å². The van der Waals surface area contributed by atoms with Crippen molar-refractivity contribution in [2.75, 3.05) is 23.7 Å². The van der Waals surface area contributed by atoms with Crippen LogP contribution in [0.4, 0.5) is 5.69 Å². The molecule has 0 aliphatic heterocycles. The van der Waals surface area contributed by atoms with Crippen LogP contribution in [0.2, 0.25) is 0 Å². The third-order valence-corrected chi connectivity index (χ3v) is 6.88. The minimum atomic E-state index is -3.56. The maximum absolute atomic E-state index is 13.4. The standard InChI is InChI=1S/C28H41N3O5S/c1-8-36-25-16-14-24(15-17-25)31(37(7,34)35)18-10-13-26(32)30(20-23-12-9-11-21(2)19-23)22(3)27(33)29-28(4,5)6/h9,11-12,14-17,19,22H,8,10,13,18,20H2,1-7H3,(H,29,33)/t22-/m1/s1. The number of carbonyl (C=O) groups excluding carboxylic acids is 2. The van der Waals surface area contributed by atoms with Crippen LogP contribution in [-0.2, 0) is 26.2 Å². The van der Waals surface area contributed by atoms with Gasteiger partial charge in [0.25, 0.3) is 0 Å². The van der Waals surface area contributed by atoms with Gasteiger partial charge in [0.1, 0.15) is 11.8 Å². The van der Waals surface area contributed by atoms with E-state index in [4.69, 9.17) is 4.74 Å². The Morgan fingerprint density at radius 2 is 1.73 bits per heavy atom. The summed E-state index contributed by atoms with van der Waals surface area (Å²) in [5, 5.41) is 2.95. The molecule has 0 aliphatic carbocycles. The monoisotopic (exact) mass is 531 g/mol. The zero-order valence-electron chi connectivity index (χ0n) is 23.1. The number of ether oxygens (including phenoxy) is 1. The molecule has 2 aromatic rings. The van der Waals surface area contributed by atoms with Gasteiger partial charge in [-0.3, -0.25) is 13.9 Å². The molecule has 0 unspecified atom stereocenters. The zero-order chi connectivity index (χ0) is 27.8. The van der Waals surface area contributed by atoms with Crippen molar-refractivity contribution < 1.29 is 22.7 Å². The van der Waals surface area contributed by atoms with Crippen molar-refractivity contribution in [3.63, 3.8) is 0 Å². The number of nitrogens with zero attached hydrogens (tertiary/aromatic N) is 2. The van der Waals surface area contributed by atoms with Crippen molar-refractivity contribution in [1.29, 1.82) is 0 Å². The number of benzene rings is 2. The molecule has 0 heterocycles. The molecule has 0 aromatic heterocycles. The molecule has 0 fully saturated rings. The van der Waals surface area contributed by atoms with E-state index in [2.05, 4.69) is 5.32 Å². The molecule has 1 N–H and O–H groups in total. The van der Waals surface area contributed by atoms with Gasteiger partial charge in [0, 0.05) is 25.0 Å². The van der Waals surface area contributed by atoms with Crippen LogP contribution in [0.25, 0.3) is 0 Å². The summed E-state index contributed by atoms with van der Waals surface area (Å²) in [7, 11) is -3.56. The van der Waals surface area contributed by atoms with Crippen LogP contribution < -0.4 is 14.4 Å². The number of hydrogen-bond donors (Lipinski definition) is 1. The van der Waals surface area contributed by atoms with Gasteiger partial charge >= 0.3 is 0 Å². The first-order valence-corrected chi connectivity index (χ1v) is 14.4. The predicted octanol–water partition coefficient (Wildman–Crippen LogP) is 4.27. The van der Waals surface area contributed by atoms with Gasteiger partial charge in [-0.25, -0.2) is 8.42 Å². The second-order valence-corrected chi connectivity index (χ2v) is 12.2. The molecule has 2 amide bonds. The van der Waals surface area contributed by atoms with Crippen molar-refractivity contribution in [1.82, 2.24) is 10.2 Å². The SMILES string of the molecule is CCOc1ccc(N(CCCC(=O)N(Cc2cccc(C)c2)[C@H](C)C(=O)NC(C)(C)C)S(C)(=O)=O)cc1. The number of anilines is 1. The van der Waals surface area contributed by atoms with Crippen LogP contribution in [-0.4, -0.2) is 56.1 Å². The Labute approximate surface area is 222 Å². The lowest BCUT2D eigenvalue weighted by molar-refractivity contribution is -0.141. The summed E-state index contributed by atoms with van der Waals surface area (Å²) in [6.07, 6.45) is 1.55. The molecule has 0 spiro atoms. The van der Waals surface area contributed by atoms with E-state index in [-0.39, 0.29) is 31.3 Å². The summed E-state index contributed by atoms with van der Waals surface area (Å²) in [5.41, 5.74) is 2.07. The number of aryl methyl sites for hydroxylation is 1. The fourth-order valence-electron chi connectivity index (χ4n) is 3.94. The summed E-state index contributed by atoms with van der Waals surface area (Å²) in [5.74, 6) is 0.211. The van der Waals surface area contributed by atoms with E-state index in [1.807, 2.05) is 58.9 Å². The maximum Gasteiger partial charge on any atom is 0.242 e. The van der Waals surface area contributed by atoms with E-state index < -0.39 is 21.6 Å². The third-order valence-electron chi connectivity index (χ3n) is 5.69. The van der Waals surface area contributed by atoms with Gasteiger partial charge in [0.15, 0.2) is 0 Å². The highest BCUT2D eigenvalue weighted by molar-refractivity contribution is 7.92. The van der Waals surface area contributed by atoms with Gasteiger partial charge in [-0.2, -0.15) is 0 Å². The molecule has 37 heavy (non-hydrogen) atoms. The van der Waals surface area contributed by atoms with Crippen LogP contribution in [0.15, 0.2) is 48.5 Å². The van der Waals surface area contributed by atoms with Crippen molar-refractivity contribution >= 4 is 27.5 Å². The quantitative estimate of drug-likeness (QED) is 0.441. The van der Waals surface area contributed by atoms with Gasteiger partial charge in [0.05, 0.1) is 18.6 Å². The summed E-state index contributed by atoms with van der Waals surface area (Å²) < 4.78 is 31.7. The minimum Gasteiger partial charge on any atom is -0.494 e. The molecule has 8 nitrogen and oxygen atoms in total. The van der Waals surface area contributed by atoms with Gasteiger partial charge in [-0.05, 0) is 77.8 Å². The maximum atomic E-state index is 13.4. The van der Waals surface area contributed by atoms with Gasteiger partial charge < -0.3 is 15.0 Å². The fraction of sp³-hybridized carbons (Fsp3) is 0.500. The normalized spacial score (nSPS) is 12.5. The van der Waals surface area contributed by atoms with Crippen molar-refractivity contribution in [3.05, 3.63) is 59.7 Å². The van der Waals surface area contributed by atoms with Gasteiger partial charge in [-0.1, -0.05) is 29.8 Å². The molecule has 0 radical (unpaired) electrons. The number of rotatable bonds is 12. The number of hydrogen-bond acceptors (Lipinski definition) is 5. The second-order valence-electron chi connectivity index (χ2n) is 10.3. The van der Waals surface area contributed by atoms with E-state index in [9.17, 15) is 18.0 Å². The molecule has 9 heteroatoms. The summed E-state index contributed by atoms with van der Waals surface area (Å²) >= 11 is 0. The Morgan fingerprint density at radius 3 is 2.27 bits per heavy atom. The molecule has 0 aliphatic rings. The second kappa shape index (κ2) is 12.9. The smallest absolute Gasteiger partial charge is 0.242 e. The fourth-order valence-corrected chi connectivity index (χ4v) is 4.91. The average Bonchev–Trinajstić information content (AvgIpc) is 2.79. The average molecular weight is 532 g/mol. The first kappa shape index (κ1) is 30.2. The lowest BCUT2D eigenvalue weighted by atomic mass is 10.1. The summed E-state index contributed by atoms with van der Waals surface area (Å²) in [4.78, 5) is 27.9. The van der Waals surface area contributed by atoms with E-state index >= 15 is 0 Å². The molecule has 0 saturated heterocycles. The van der Waals surface area contributed by atoms with Crippen LogP contribution in [0.5, 0.6) is 5.75 Å². The number of nitrogens with one attached hydrogen (secondary N) is 1. The Balaban J connectivity index is 2.18. The highest BCUT2D eigenvalue weighted by atomic mass is 32.2. The predicted molar refractivity (Wildman–Crippen MR) is 148 cm³/mol. The zero-order valence-corrected chi connectivity index (χ0v) is 23.9. The number of sulfonamides is 1. The Kier molecular flexibility index (Phi) is 10.5. The number of amides is 2. The Hall–Kier alpha value is -3.07. The first-order chi connectivity index (χ1) is 17.2. The summed E-state index contributed by atoms with van der Waals surface area (Å²) in [6.45, 7) is 12.2. The largest absolute Gasteiger partial charge is 0.494 e. The Bertz CT molecular complexity index is 1160. The van der Waals surface area contributed by atoms with E-state index in [0.717, 1.165) is 17.4 Å². The summed E-state index contributed by atoms with van der Waals surface area (Å²) in [6, 6.07) is 14.0. The Morgan fingerprint density at radius 1 is 1.08 bits per heavy atom. The van der Waals surface area contributed by atoms with Crippen molar-refractivity contribution in [2.45, 2.75) is 72.5 Å². The van der Waals surface area contributed by atoms with Crippen molar-refractivity contribution in [3.8, 4) is 5.75 Å². The topological polar surface area (TPSA) is 96.0 Å². The molecule has 2 aromatic carbocycles. The molecule has 1 atom stereocenters. The van der Waals surface area contributed by atoms with Crippen LogP contribution in [0.1, 0.15) is 58.6 Å². The molecule has 204 valence electrons. The molecule has 0 saturated carbocycles. The van der Waals surface area contributed by atoms with Gasteiger partial charge in [0.2, 0.25) is 21.8 Å².